The number of carbonyl (C=O) groups is 5. The number of hydrogen-bond donors (Lipinski definition) is 3. The van der Waals surface area contributed by atoms with Crippen molar-refractivity contribution in [3.63, 3.8) is 0 Å². The molecule has 2 aromatic rings. The van der Waals surface area contributed by atoms with Crippen molar-refractivity contribution in [3.05, 3.63) is 64.5 Å². The summed E-state index contributed by atoms with van der Waals surface area (Å²) in [7, 11) is -1.33. The fourth-order valence-electron chi connectivity index (χ4n) is 4.80. The van der Waals surface area contributed by atoms with Gasteiger partial charge in [-0.2, -0.15) is 0 Å². The van der Waals surface area contributed by atoms with Crippen LogP contribution in [-0.2, 0) is 20.8 Å². The molecule has 0 aromatic heterocycles. The maximum Gasteiger partial charge on any atom is 0.526 e. The molecule has 2 aromatic carbocycles. The predicted octanol–water partition coefficient (Wildman–Crippen LogP) is 1.72. The number of imide groups is 1. The molecule has 0 bridgehead atoms. The van der Waals surface area contributed by atoms with Gasteiger partial charge in [-0.1, -0.05) is 24.3 Å². The molecule has 0 saturated carbocycles. The van der Waals surface area contributed by atoms with Gasteiger partial charge in [0, 0.05) is 31.9 Å². The summed E-state index contributed by atoms with van der Waals surface area (Å²) in [6, 6.07) is 5.88. The number of hydrogen-bond acceptors (Lipinski definition) is 7. The number of Topliss-reactive ketones (excluding diaryl/α,β-unsaturated/α-hetero) is 1. The first kappa shape index (κ1) is 27.8. The van der Waals surface area contributed by atoms with Gasteiger partial charge in [0.05, 0.1) is 5.56 Å². The van der Waals surface area contributed by atoms with Crippen LogP contribution in [0, 0.1) is 12.7 Å². The Morgan fingerprint density at radius 3 is 2.59 bits per heavy atom. The summed E-state index contributed by atoms with van der Waals surface area (Å²) >= 11 is 0. The van der Waals surface area contributed by atoms with Crippen LogP contribution in [0.15, 0.2) is 36.4 Å². The Hall–Kier alpha value is -4.26. The minimum Gasteiger partial charge on any atom is -0.536 e. The van der Waals surface area contributed by atoms with Gasteiger partial charge in [-0.15, -0.1) is 0 Å². The summed E-state index contributed by atoms with van der Waals surface area (Å²) in [4.78, 5) is 64.6. The highest BCUT2D eigenvalue weighted by Gasteiger charge is 2.40. The van der Waals surface area contributed by atoms with Crippen molar-refractivity contribution in [2.45, 2.75) is 38.5 Å². The molecule has 13 heteroatoms. The van der Waals surface area contributed by atoms with Crippen molar-refractivity contribution in [2.24, 2.45) is 0 Å². The molecule has 3 N–H and O–H groups in total. The first-order valence-electron chi connectivity index (χ1n) is 12.4. The second-order valence-corrected chi connectivity index (χ2v) is 9.47. The molecule has 1 unspecified atom stereocenters. The van der Waals surface area contributed by atoms with Gasteiger partial charge >= 0.3 is 30.9 Å². The van der Waals surface area contributed by atoms with Crippen molar-refractivity contribution >= 4 is 36.7 Å². The third-order valence-electron chi connectivity index (χ3n) is 6.96. The van der Waals surface area contributed by atoms with Crippen molar-refractivity contribution < 1.29 is 43.1 Å². The Morgan fingerprint density at radius 1 is 1.18 bits per heavy atom. The van der Waals surface area contributed by atoms with Crippen LogP contribution in [0.5, 0.6) is 5.75 Å². The number of benzene rings is 2. The van der Waals surface area contributed by atoms with Gasteiger partial charge in [0.2, 0.25) is 0 Å². The van der Waals surface area contributed by atoms with Crippen LogP contribution < -0.4 is 9.97 Å². The van der Waals surface area contributed by atoms with Crippen LogP contribution in [0.2, 0.25) is 5.82 Å². The number of para-hydroxylation sites is 1. The first-order valence-corrected chi connectivity index (χ1v) is 12.4. The zero-order valence-corrected chi connectivity index (χ0v) is 21.3. The van der Waals surface area contributed by atoms with Crippen LogP contribution >= 0.6 is 0 Å². The number of urea groups is 1. The lowest BCUT2D eigenvalue weighted by atomic mass is 9.64. The smallest absolute Gasteiger partial charge is 0.526 e. The second-order valence-electron chi connectivity index (χ2n) is 9.47. The third kappa shape index (κ3) is 5.63. The molecule has 1 saturated heterocycles. The van der Waals surface area contributed by atoms with E-state index in [2.05, 4.69) is 5.32 Å². The Labute approximate surface area is 223 Å². The molecule has 0 aliphatic carbocycles. The zero-order valence-electron chi connectivity index (χ0n) is 21.3. The molecule has 1 fully saturated rings. The number of carbonyl (C=O) groups excluding carboxylic acids is 4. The van der Waals surface area contributed by atoms with Crippen molar-refractivity contribution in [3.8, 4) is 5.75 Å². The maximum absolute atomic E-state index is 14.6. The molecular formula is C26H27BFN3O8. The van der Waals surface area contributed by atoms with Gasteiger partial charge in [-0.3, -0.25) is 19.3 Å². The van der Waals surface area contributed by atoms with E-state index in [9.17, 15) is 33.4 Å². The highest BCUT2D eigenvalue weighted by molar-refractivity contribution is 6.46. The lowest BCUT2D eigenvalue weighted by molar-refractivity contribution is -0.153. The van der Waals surface area contributed by atoms with Gasteiger partial charge in [-0.25, -0.2) is 14.0 Å². The number of likely N-dealkylation sites (N-methyl/N-ethyl adjacent to an activating group) is 1. The van der Waals surface area contributed by atoms with Gasteiger partial charge < -0.3 is 25.0 Å². The molecule has 4 amide bonds. The van der Waals surface area contributed by atoms with Crippen LogP contribution in [0.4, 0.5) is 9.18 Å². The summed E-state index contributed by atoms with van der Waals surface area (Å²) in [6.07, 6.45) is 0.00114. The molecule has 2 aliphatic heterocycles. The largest absolute Gasteiger partial charge is 0.536 e. The monoisotopic (exact) mass is 539 g/mol. The van der Waals surface area contributed by atoms with E-state index in [4.69, 9.17) is 9.76 Å². The number of piperazine rings is 1. The molecule has 11 nitrogen and oxygen atoms in total. The highest BCUT2D eigenvalue weighted by Crippen LogP contribution is 2.37. The molecular weight excluding hydrogens is 512 g/mol. The average Bonchev–Trinajstić information content (AvgIpc) is 2.89. The van der Waals surface area contributed by atoms with E-state index < -0.39 is 60.0 Å². The zero-order chi connectivity index (χ0) is 28.4. The fraction of sp³-hybridized carbons (Fsp3) is 0.346. The van der Waals surface area contributed by atoms with Gasteiger partial charge in [-0.05, 0) is 49.1 Å². The minimum absolute atomic E-state index is 0.0655. The van der Waals surface area contributed by atoms with Gasteiger partial charge in [0.25, 0.3) is 0 Å². The van der Waals surface area contributed by atoms with Crippen LogP contribution in [0.25, 0.3) is 0 Å². The first-order chi connectivity index (χ1) is 18.5. The summed E-state index contributed by atoms with van der Waals surface area (Å²) in [6.45, 7) is 3.80. The lowest BCUT2D eigenvalue weighted by Gasteiger charge is -2.33. The standard InChI is InChI=1S/C26H27BFN3O8/c1-3-30-9-10-31(24(34)23(30)33)26(37)29-21(15-7-8-18(25(35)36)19(28)12-15)20(32)13-17-11-16-6-4-5-14(2)22(16)39-27(17)38/h4-8,12,17,21,38H,3,9-11,13H2,1-2H3,(H,29,37)(H,35,36)/t17-,21?/m1/s1. The molecule has 204 valence electrons. The number of carboxylic acids is 1. The van der Waals surface area contributed by atoms with E-state index in [1.807, 2.05) is 25.1 Å². The minimum atomic E-state index is -1.51. The third-order valence-corrected chi connectivity index (χ3v) is 6.96. The molecule has 0 radical (unpaired) electrons. The van der Waals surface area contributed by atoms with E-state index in [-0.39, 0.29) is 31.6 Å². The van der Waals surface area contributed by atoms with E-state index in [1.165, 1.54) is 11.0 Å². The number of rotatable bonds is 7. The number of amides is 4. The van der Waals surface area contributed by atoms with E-state index in [0.717, 1.165) is 23.3 Å². The normalized spacial score (nSPS) is 17.8. The number of halogens is 1. The molecule has 2 aliphatic rings. The highest BCUT2D eigenvalue weighted by atomic mass is 19.1. The number of nitrogens with zero attached hydrogens (tertiary/aromatic N) is 2. The maximum atomic E-state index is 14.6. The Bertz CT molecular complexity index is 1350. The number of carboxylic acid groups (broad SMARTS) is 1. The van der Waals surface area contributed by atoms with Crippen molar-refractivity contribution in [1.29, 1.82) is 0 Å². The number of aryl methyl sites for hydroxylation is 1. The fourth-order valence-corrected chi connectivity index (χ4v) is 4.80. The Morgan fingerprint density at radius 2 is 1.92 bits per heavy atom. The quantitative estimate of drug-likeness (QED) is 0.355. The number of fused-ring (bicyclic) bond motifs is 1. The molecule has 0 spiro atoms. The SMILES string of the molecule is CCN1CCN(C(=O)NC(C(=O)C[C@H]2Cc3cccc(C)c3OB2O)c2ccc(C(=O)O)c(F)c2)C(=O)C1=O. The second kappa shape index (κ2) is 11.2. The van der Waals surface area contributed by atoms with Crippen LogP contribution in [0.3, 0.4) is 0 Å². The molecule has 39 heavy (non-hydrogen) atoms. The topological polar surface area (TPSA) is 154 Å². The van der Waals surface area contributed by atoms with Crippen LogP contribution in [-0.4, -0.2) is 76.3 Å². The van der Waals surface area contributed by atoms with Gasteiger partial charge in [0.15, 0.2) is 5.78 Å². The molecule has 2 heterocycles. The van der Waals surface area contributed by atoms with Crippen molar-refractivity contribution in [2.75, 3.05) is 19.6 Å². The average molecular weight is 539 g/mol. The molecule has 4 rings (SSSR count). The lowest BCUT2D eigenvalue weighted by Crippen LogP contribution is -2.58. The predicted molar refractivity (Wildman–Crippen MR) is 135 cm³/mol. The summed E-state index contributed by atoms with van der Waals surface area (Å²) < 4.78 is 20.2. The van der Waals surface area contributed by atoms with E-state index in [0.29, 0.717) is 17.1 Å². The van der Waals surface area contributed by atoms with Gasteiger partial charge in [0.1, 0.15) is 17.6 Å². The summed E-state index contributed by atoms with van der Waals surface area (Å²) in [5.41, 5.74) is 0.909. The van der Waals surface area contributed by atoms with E-state index >= 15 is 0 Å². The number of nitrogens with one attached hydrogen (secondary N) is 1. The molecule has 2 atom stereocenters. The summed E-state index contributed by atoms with van der Waals surface area (Å²) in [5.74, 6) is -5.39. The summed E-state index contributed by atoms with van der Waals surface area (Å²) in [5, 5.41) is 22.2. The van der Waals surface area contributed by atoms with Crippen LogP contribution in [0.1, 0.15) is 46.4 Å². The number of aromatic carboxylic acids is 1. The Kier molecular flexibility index (Phi) is 8.00. The number of ketones is 1. The Balaban J connectivity index is 1.60. The van der Waals surface area contributed by atoms with Crippen molar-refractivity contribution in [1.82, 2.24) is 15.1 Å². The van der Waals surface area contributed by atoms with E-state index in [1.54, 1.807) is 6.92 Å².